The van der Waals surface area contributed by atoms with E-state index in [1.165, 1.54) is 0 Å². The quantitative estimate of drug-likeness (QED) is 0.269. The van der Waals surface area contributed by atoms with Crippen molar-refractivity contribution in [2.45, 2.75) is 13.8 Å². The molecule has 0 amide bonds. The van der Waals surface area contributed by atoms with E-state index in [1.54, 1.807) is 0 Å². The van der Waals surface area contributed by atoms with Gasteiger partial charge in [-0.2, -0.15) is 0 Å². The first kappa shape index (κ1) is 10.0. The first-order valence-corrected chi connectivity index (χ1v) is 5.31. The minimum atomic E-state index is -2.04. The molecule has 0 aromatic carbocycles. The molecule has 0 unspecified atom stereocenters. The molecule has 0 aliphatic rings. The van der Waals surface area contributed by atoms with Crippen molar-refractivity contribution in [1.82, 2.24) is 0 Å². The fourth-order valence-corrected chi connectivity index (χ4v) is 1.93. The van der Waals surface area contributed by atoms with Crippen molar-refractivity contribution in [3.05, 3.63) is 20.9 Å². The van der Waals surface area contributed by atoms with Gasteiger partial charge in [0.2, 0.25) is 7.56 Å². The lowest BCUT2D eigenvalue weighted by Gasteiger charge is -2.06. The van der Waals surface area contributed by atoms with Gasteiger partial charge in [0.1, 0.15) is 0 Å². The number of rotatable bonds is 4. The van der Waals surface area contributed by atoms with Gasteiger partial charge in [-0.3, -0.25) is 0 Å². The highest BCUT2D eigenvalue weighted by atomic mass is 31.2. The van der Waals surface area contributed by atoms with Crippen LogP contribution in [0.2, 0.25) is 0 Å². The predicted octanol–water partition coefficient (Wildman–Crippen LogP) is 3.49. The van der Waals surface area contributed by atoms with E-state index in [1.807, 2.05) is 13.8 Å². The van der Waals surface area contributed by atoms with Gasteiger partial charge in [0.05, 0.1) is 22.1 Å². The van der Waals surface area contributed by atoms with Crippen molar-refractivity contribution in [3.63, 3.8) is 0 Å². The van der Waals surface area contributed by atoms with Gasteiger partial charge >= 0.3 is 0 Å². The summed E-state index contributed by atoms with van der Waals surface area (Å²) in [6.45, 7) is 3.72. The molecular formula is C4H10N6P+. The Kier molecular flexibility index (Phi) is 4.39. The fourth-order valence-electron chi connectivity index (χ4n) is 0.643. The molecule has 0 saturated carbocycles. The molecule has 11 heavy (non-hydrogen) atoms. The highest BCUT2D eigenvalue weighted by Crippen LogP contribution is 2.61. The smallest absolute Gasteiger partial charge is 0.0293 e. The molecule has 60 valence electrons. The van der Waals surface area contributed by atoms with Crippen molar-refractivity contribution in [2.75, 3.05) is 12.3 Å². The molecule has 0 aromatic rings. The third kappa shape index (κ3) is 2.64. The molecule has 0 heterocycles. The third-order valence-corrected chi connectivity index (χ3v) is 4.28. The summed E-state index contributed by atoms with van der Waals surface area (Å²) in [5.74, 6) is 0. The summed E-state index contributed by atoms with van der Waals surface area (Å²) in [6, 6.07) is 0. The number of nitrogens with zero attached hydrogens (tertiary/aromatic N) is 6. The van der Waals surface area contributed by atoms with Gasteiger partial charge in [0, 0.05) is 9.82 Å². The van der Waals surface area contributed by atoms with E-state index in [0.29, 0.717) is 12.3 Å². The van der Waals surface area contributed by atoms with Crippen LogP contribution < -0.4 is 0 Å². The van der Waals surface area contributed by atoms with Crippen molar-refractivity contribution in [2.24, 2.45) is 9.77 Å². The average molecular weight is 173 g/mol. The zero-order valence-corrected chi connectivity index (χ0v) is 7.44. The van der Waals surface area contributed by atoms with Gasteiger partial charge in [0.15, 0.2) is 0 Å². The molecule has 0 atom stereocenters. The summed E-state index contributed by atoms with van der Waals surface area (Å²) >= 11 is 0. The fraction of sp³-hybridized carbons (Fsp3) is 1.00. The summed E-state index contributed by atoms with van der Waals surface area (Å²) in [5.41, 5.74) is 16.4. The van der Waals surface area contributed by atoms with Crippen LogP contribution >= 0.6 is 7.56 Å². The Bertz CT molecular complexity index is 189. The Labute approximate surface area is 65.3 Å². The second-order valence-corrected chi connectivity index (χ2v) is 5.25. The second kappa shape index (κ2) is 4.80. The van der Waals surface area contributed by atoms with E-state index in [4.69, 9.17) is 11.1 Å². The molecule has 6 nitrogen and oxygen atoms in total. The van der Waals surface area contributed by atoms with E-state index in [9.17, 15) is 0 Å². The monoisotopic (exact) mass is 173 g/mol. The molecule has 0 fully saturated rings. The van der Waals surface area contributed by atoms with Gasteiger partial charge in [-0.1, -0.05) is 0 Å². The minimum absolute atomic E-state index is 0.637. The highest BCUT2D eigenvalue weighted by molar-refractivity contribution is 7.73. The van der Waals surface area contributed by atoms with Gasteiger partial charge in [0.25, 0.3) is 0 Å². The molecule has 7 heteroatoms. The number of hydrogen-bond acceptors (Lipinski definition) is 2. The van der Waals surface area contributed by atoms with E-state index in [0.717, 1.165) is 0 Å². The molecule has 0 aliphatic carbocycles. The van der Waals surface area contributed by atoms with Crippen LogP contribution in [-0.4, -0.2) is 12.3 Å². The zero-order chi connectivity index (χ0) is 8.74. The SMILES string of the molecule is CC[P+](CC)(N=[N+]=[N-])N=[N+]=[N-]. The van der Waals surface area contributed by atoms with Crippen LogP contribution in [0.25, 0.3) is 20.9 Å². The Morgan fingerprint density at radius 3 is 1.64 bits per heavy atom. The maximum absolute atomic E-state index is 8.19. The standard InChI is InChI=1S/C4H10N6P/c1-3-11(4-2,9-7-5)10-8-6/h3-4H2,1-2H3/q+1. The highest BCUT2D eigenvalue weighted by Gasteiger charge is 2.33. The number of hydrogen-bond donors (Lipinski definition) is 0. The lowest BCUT2D eigenvalue weighted by Crippen LogP contribution is -1.90. The summed E-state index contributed by atoms with van der Waals surface area (Å²) in [5, 5.41) is 0. The summed E-state index contributed by atoms with van der Waals surface area (Å²) in [6.07, 6.45) is 1.27. The van der Waals surface area contributed by atoms with Gasteiger partial charge in [-0.15, -0.1) is 0 Å². The molecule has 0 aromatic heterocycles. The molecule has 0 radical (unpaired) electrons. The summed E-state index contributed by atoms with van der Waals surface area (Å²) in [7, 11) is -2.04. The van der Waals surface area contributed by atoms with Gasteiger partial charge in [-0.05, 0) is 24.9 Å². The molecule has 0 aliphatic heterocycles. The normalized spacial score (nSPS) is 9.64. The van der Waals surface area contributed by atoms with Crippen molar-refractivity contribution in [3.8, 4) is 0 Å². The van der Waals surface area contributed by atoms with Crippen molar-refractivity contribution >= 4 is 7.56 Å². The topological polar surface area (TPSA) is 97.5 Å². The van der Waals surface area contributed by atoms with Gasteiger partial charge < -0.3 is 0 Å². The molecule has 0 N–H and O–H groups in total. The maximum atomic E-state index is 8.19. The lowest BCUT2D eigenvalue weighted by molar-refractivity contribution is 1.31. The third-order valence-electron chi connectivity index (χ3n) is 1.43. The van der Waals surface area contributed by atoms with Crippen LogP contribution in [0.4, 0.5) is 0 Å². The molecule has 0 saturated heterocycles. The van der Waals surface area contributed by atoms with Crippen LogP contribution in [0, 0.1) is 0 Å². The molecule has 0 bridgehead atoms. The molecule has 0 rings (SSSR count). The lowest BCUT2D eigenvalue weighted by atomic mass is 11.0. The second-order valence-electron chi connectivity index (χ2n) is 1.87. The van der Waals surface area contributed by atoms with E-state index in [2.05, 4.69) is 19.6 Å². The van der Waals surface area contributed by atoms with Gasteiger partial charge in [-0.25, -0.2) is 0 Å². The van der Waals surface area contributed by atoms with Crippen molar-refractivity contribution in [1.29, 1.82) is 0 Å². The Balaban J connectivity index is 4.72. The van der Waals surface area contributed by atoms with Crippen LogP contribution in [0.3, 0.4) is 0 Å². The predicted molar refractivity (Wildman–Crippen MR) is 46.3 cm³/mol. The first-order valence-electron chi connectivity index (χ1n) is 3.25. The van der Waals surface area contributed by atoms with Crippen molar-refractivity contribution < 1.29 is 0 Å². The molecule has 0 spiro atoms. The van der Waals surface area contributed by atoms with E-state index >= 15 is 0 Å². The Hall–Kier alpha value is -0.950. The van der Waals surface area contributed by atoms with E-state index < -0.39 is 7.56 Å². The first-order chi connectivity index (χ1) is 5.24. The summed E-state index contributed by atoms with van der Waals surface area (Å²) in [4.78, 5) is 12.5. The minimum Gasteiger partial charge on any atom is -0.0293 e. The van der Waals surface area contributed by atoms with Crippen LogP contribution in [0.5, 0.6) is 0 Å². The van der Waals surface area contributed by atoms with Crippen LogP contribution in [0.1, 0.15) is 13.8 Å². The van der Waals surface area contributed by atoms with Crippen LogP contribution in [-0.2, 0) is 0 Å². The summed E-state index contributed by atoms with van der Waals surface area (Å²) < 4.78 is 0. The van der Waals surface area contributed by atoms with Crippen LogP contribution in [0.15, 0.2) is 9.77 Å². The number of azide groups is 1. The zero-order valence-electron chi connectivity index (χ0n) is 6.54. The molecular weight excluding hydrogens is 163 g/mol. The Morgan fingerprint density at radius 1 is 1.09 bits per heavy atom. The maximum Gasteiger partial charge on any atom is 0.236 e. The van der Waals surface area contributed by atoms with E-state index in [-0.39, 0.29) is 0 Å². The average Bonchev–Trinajstić information content (AvgIpc) is 2.04. The largest absolute Gasteiger partial charge is 0.236 e. The Morgan fingerprint density at radius 2 is 1.45 bits per heavy atom.